The SMILES string of the molecule is NC(=O)c1ccccc1C(N)=O.c1ccc2ccccc2c1. The molecule has 3 aromatic rings. The predicted molar refractivity (Wildman–Crippen MR) is 87.4 cm³/mol. The van der Waals surface area contributed by atoms with Gasteiger partial charge in [0, 0.05) is 0 Å². The third-order valence-corrected chi connectivity index (χ3v) is 3.12. The first kappa shape index (κ1) is 15.3. The molecule has 3 aromatic carbocycles. The van der Waals surface area contributed by atoms with Crippen LogP contribution in [0.15, 0.2) is 72.8 Å². The zero-order chi connectivity index (χ0) is 15.9. The Kier molecular flexibility index (Phi) is 4.88. The molecule has 0 unspecified atom stereocenters. The van der Waals surface area contributed by atoms with E-state index in [1.807, 2.05) is 0 Å². The maximum atomic E-state index is 10.7. The Balaban J connectivity index is 0.000000162. The molecule has 0 saturated heterocycles. The Bertz CT molecular complexity index is 714. The topological polar surface area (TPSA) is 86.2 Å². The van der Waals surface area contributed by atoms with Gasteiger partial charge in [-0.2, -0.15) is 0 Å². The monoisotopic (exact) mass is 292 g/mol. The van der Waals surface area contributed by atoms with Crippen LogP contribution in [0.1, 0.15) is 20.7 Å². The Hall–Kier alpha value is -3.14. The van der Waals surface area contributed by atoms with Crippen molar-refractivity contribution in [2.75, 3.05) is 0 Å². The van der Waals surface area contributed by atoms with Gasteiger partial charge in [0.15, 0.2) is 0 Å². The molecule has 0 spiro atoms. The molecular formula is C18H16N2O2. The molecule has 0 heterocycles. The number of benzene rings is 3. The van der Waals surface area contributed by atoms with E-state index < -0.39 is 11.8 Å². The van der Waals surface area contributed by atoms with Crippen LogP contribution < -0.4 is 11.5 Å². The molecule has 0 aliphatic heterocycles. The van der Waals surface area contributed by atoms with E-state index in [0.29, 0.717) is 0 Å². The van der Waals surface area contributed by atoms with E-state index in [-0.39, 0.29) is 11.1 Å². The molecule has 22 heavy (non-hydrogen) atoms. The van der Waals surface area contributed by atoms with Crippen LogP contribution in [0.25, 0.3) is 10.8 Å². The number of hydrogen-bond donors (Lipinski definition) is 2. The summed E-state index contributed by atoms with van der Waals surface area (Å²) in [4.78, 5) is 21.5. The van der Waals surface area contributed by atoms with Crippen LogP contribution >= 0.6 is 0 Å². The number of nitrogens with two attached hydrogens (primary N) is 2. The second-order valence-electron chi connectivity index (χ2n) is 4.62. The average Bonchev–Trinajstić information content (AvgIpc) is 2.55. The van der Waals surface area contributed by atoms with Gasteiger partial charge in [-0.1, -0.05) is 60.7 Å². The van der Waals surface area contributed by atoms with Crippen LogP contribution in [0.5, 0.6) is 0 Å². The highest BCUT2D eigenvalue weighted by molar-refractivity contribution is 6.06. The summed E-state index contributed by atoms with van der Waals surface area (Å²) < 4.78 is 0. The number of carbonyl (C=O) groups excluding carboxylic acids is 2. The molecule has 110 valence electrons. The third-order valence-electron chi connectivity index (χ3n) is 3.12. The molecular weight excluding hydrogens is 276 g/mol. The first-order valence-corrected chi connectivity index (χ1v) is 6.72. The van der Waals surface area contributed by atoms with Crippen LogP contribution in [-0.4, -0.2) is 11.8 Å². The molecule has 0 saturated carbocycles. The van der Waals surface area contributed by atoms with Gasteiger partial charge in [-0.05, 0) is 22.9 Å². The van der Waals surface area contributed by atoms with E-state index in [2.05, 4.69) is 48.5 Å². The van der Waals surface area contributed by atoms with Crippen LogP contribution in [-0.2, 0) is 0 Å². The molecule has 4 N–H and O–H groups in total. The molecule has 2 amide bonds. The van der Waals surface area contributed by atoms with Gasteiger partial charge in [0.2, 0.25) is 11.8 Å². The minimum atomic E-state index is -0.649. The van der Waals surface area contributed by atoms with E-state index in [1.54, 1.807) is 12.1 Å². The number of rotatable bonds is 2. The Labute approximate surface area is 128 Å². The highest BCUT2D eigenvalue weighted by atomic mass is 16.2. The van der Waals surface area contributed by atoms with Crippen molar-refractivity contribution >= 4 is 22.6 Å². The van der Waals surface area contributed by atoms with Gasteiger partial charge >= 0.3 is 0 Å². The highest BCUT2D eigenvalue weighted by Gasteiger charge is 2.10. The lowest BCUT2D eigenvalue weighted by Gasteiger charge is -2.00. The Morgan fingerprint density at radius 2 is 0.818 bits per heavy atom. The molecule has 0 aliphatic carbocycles. The van der Waals surface area contributed by atoms with Crippen molar-refractivity contribution in [2.24, 2.45) is 11.5 Å². The number of carbonyl (C=O) groups is 2. The van der Waals surface area contributed by atoms with Crippen LogP contribution in [0, 0.1) is 0 Å². The Morgan fingerprint density at radius 3 is 1.09 bits per heavy atom. The summed E-state index contributed by atoms with van der Waals surface area (Å²) in [6.45, 7) is 0. The smallest absolute Gasteiger partial charge is 0.249 e. The maximum Gasteiger partial charge on any atom is 0.249 e. The van der Waals surface area contributed by atoms with Gasteiger partial charge in [-0.3, -0.25) is 9.59 Å². The van der Waals surface area contributed by atoms with E-state index in [9.17, 15) is 9.59 Å². The van der Waals surface area contributed by atoms with E-state index in [0.717, 1.165) is 0 Å². The second-order valence-corrected chi connectivity index (χ2v) is 4.62. The third kappa shape index (κ3) is 3.70. The summed E-state index contributed by atoms with van der Waals surface area (Å²) in [7, 11) is 0. The van der Waals surface area contributed by atoms with Gasteiger partial charge in [0.1, 0.15) is 0 Å². The molecule has 0 aliphatic rings. The van der Waals surface area contributed by atoms with Crippen molar-refractivity contribution < 1.29 is 9.59 Å². The first-order chi connectivity index (χ1) is 10.6. The molecule has 0 fully saturated rings. The van der Waals surface area contributed by atoms with Gasteiger partial charge in [-0.15, -0.1) is 0 Å². The molecule has 4 nitrogen and oxygen atoms in total. The maximum absolute atomic E-state index is 10.7. The standard InChI is InChI=1S/C10H8.C8H8N2O2/c1-2-6-10-8-4-3-7-9(10)5-1;9-7(11)5-3-1-2-4-6(5)8(10)12/h1-8H;1-4H,(H2,9,11)(H2,10,12). The fourth-order valence-electron chi connectivity index (χ4n) is 2.05. The molecule has 0 atom stereocenters. The molecule has 0 radical (unpaired) electrons. The second kappa shape index (κ2) is 7.04. The zero-order valence-corrected chi connectivity index (χ0v) is 11.9. The van der Waals surface area contributed by atoms with E-state index in [4.69, 9.17) is 11.5 Å². The summed E-state index contributed by atoms with van der Waals surface area (Å²) in [6.07, 6.45) is 0. The van der Waals surface area contributed by atoms with E-state index in [1.165, 1.54) is 22.9 Å². The molecule has 0 bridgehead atoms. The fourth-order valence-corrected chi connectivity index (χ4v) is 2.05. The summed E-state index contributed by atoms with van der Waals surface area (Å²) in [5, 5.41) is 2.62. The number of primary amides is 2. The molecule has 0 aromatic heterocycles. The Morgan fingerprint density at radius 1 is 0.545 bits per heavy atom. The minimum absolute atomic E-state index is 0.157. The highest BCUT2D eigenvalue weighted by Crippen LogP contribution is 2.11. The lowest BCUT2D eigenvalue weighted by atomic mass is 10.1. The van der Waals surface area contributed by atoms with Crippen molar-refractivity contribution in [2.45, 2.75) is 0 Å². The van der Waals surface area contributed by atoms with E-state index >= 15 is 0 Å². The molecule has 4 heteroatoms. The van der Waals surface area contributed by atoms with Gasteiger partial charge in [0.05, 0.1) is 11.1 Å². The number of fused-ring (bicyclic) bond motifs is 1. The first-order valence-electron chi connectivity index (χ1n) is 6.72. The predicted octanol–water partition coefficient (Wildman–Crippen LogP) is 2.72. The van der Waals surface area contributed by atoms with Crippen LogP contribution in [0.4, 0.5) is 0 Å². The van der Waals surface area contributed by atoms with Crippen LogP contribution in [0.2, 0.25) is 0 Å². The van der Waals surface area contributed by atoms with Gasteiger partial charge < -0.3 is 11.5 Å². The summed E-state index contributed by atoms with van der Waals surface area (Å²) in [6, 6.07) is 22.9. The molecule has 3 rings (SSSR count). The largest absolute Gasteiger partial charge is 0.366 e. The lowest BCUT2D eigenvalue weighted by molar-refractivity contribution is 0.0967. The van der Waals surface area contributed by atoms with Crippen LogP contribution in [0.3, 0.4) is 0 Å². The van der Waals surface area contributed by atoms with Crippen molar-refractivity contribution in [3.63, 3.8) is 0 Å². The average molecular weight is 292 g/mol. The van der Waals surface area contributed by atoms with Gasteiger partial charge in [-0.25, -0.2) is 0 Å². The minimum Gasteiger partial charge on any atom is -0.366 e. The van der Waals surface area contributed by atoms with Crippen molar-refractivity contribution in [1.29, 1.82) is 0 Å². The summed E-state index contributed by atoms with van der Waals surface area (Å²) in [5.74, 6) is -1.30. The summed E-state index contributed by atoms with van der Waals surface area (Å²) >= 11 is 0. The number of hydrogen-bond acceptors (Lipinski definition) is 2. The van der Waals surface area contributed by atoms with Crippen molar-refractivity contribution in [3.05, 3.63) is 83.9 Å². The lowest BCUT2D eigenvalue weighted by Crippen LogP contribution is -2.20. The fraction of sp³-hybridized carbons (Fsp3) is 0. The normalized spacial score (nSPS) is 9.64. The summed E-state index contributed by atoms with van der Waals surface area (Å²) in [5.41, 5.74) is 10.3. The van der Waals surface area contributed by atoms with Gasteiger partial charge in [0.25, 0.3) is 0 Å². The quantitative estimate of drug-likeness (QED) is 0.761. The van der Waals surface area contributed by atoms with Crippen molar-refractivity contribution in [3.8, 4) is 0 Å². The van der Waals surface area contributed by atoms with Crippen molar-refractivity contribution in [1.82, 2.24) is 0 Å². The zero-order valence-electron chi connectivity index (χ0n) is 11.9. The number of amides is 2.